The molecule has 2 heterocycles. The van der Waals surface area contributed by atoms with Gasteiger partial charge >= 0.3 is 5.97 Å². The minimum Gasteiger partial charge on any atom is -0.481 e. The standard InChI is InChI=1S/C26H28N10O4/c27-14-31-23(28)34-17-3-1-2-16(10-17)12-29-20(37)18-11-19(36-24(35-18)32-15-33-36)21(38)30-13-25-4-7-26(8-5-25,9-6-25)22(39)40/h1-3,10-11,15H,4-9,12-13H2,(H,29,37)(H,30,38)(H,39,40)(H3,28,31,34). The van der Waals surface area contributed by atoms with Crippen LogP contribution in [0.25, 0.3) is 5.78 Å². The maximum absolute atomic E-state index is 13.3. The quantitative estimate of drug-likeness (QED) is 0.118. The Morgan fingerprint density at radius 1 is 1.10 bits per heavy atom. The predicted molar refractivity (Wildman–Crippen MR) is 141 cm³/mol. The van der Waals surface area contributed by atoms with Gasteiger partial charge in [-0.3, -0.25) is 19.7 Å². The van der Waals surface area contributed by atoms with Crippen LogP contribution in [0.15, 0.2) is 41.7 Å². The number of guanidine groups is 1. The number of carbonyl (C=O) groups excluding carboxylic acids is 2. The molecule has 0 radical (unpaired) electrons. The number of nitriles is 1. The molecule has 14 nitrogen and oxygen atoms in total. The van der Waals surface area contributed by atoms with E-state index in [4.69, 9.17) is 11.0 Å². The second-order valence-corrected chi connectivity index (χ2v) is 10.4. The highest BCUT2D eigenvalue weighted by molar-refractivity contribution is 5.98. The summed E-state index contributed by atoms with van der Waals surface area (Å²) in [6.07, 6.45) is 7.03. The molecule has 206 valence electrons. The van der Waals surface area contributed by atoms with Gasteiger partial charge in [-0.1, -0.05) is 12.1 Å². The second kappa shape index (κ2) is 10.6. The van der Waals surface area contributed by atoms with Crippen LogP contribution in [0.2, 0.25) is 0 Å². The molecule has 0 unspecified atom stereocenters. The number of carboxylic acids is 1. The normalized spacial score (nSPS) is 21.9. The van der Waals surface area contributed by atoms with Gasteiger partial charge in [0, 0.05) is 19.2 Å². The van der Waals surface area contributed by atoms with E-state index < -0.39 is 23.2 Å². The third kappa shape index (κ3) is 5.26. The van der Waals surface area contributed by atoms with Crippen molar-refractivity contribution in [2.24, 2.45) is 21.6 Å². The molecule has 2 amide bonds. The summed E-state index contributed by atoms with van der Waals surface area (Å²) in [6, 6.07) is 8.30. The largest absolute Gasteiger partial charge is 0.481 e. The van der Waals surface area contributed by atoms with Crippen molar-refractivity contribution in [3.8, 4) is 6.19 Å². The molecule has 14 heteroatoms. The predicted octanol–water partition coefficient (Wildman–Crippen LogP) is 1.23. The van der Waals surface area contributed by atoms with E-state index in [2.05, 4.69) is 36.0 Å². The van der Waals surface area contributed by atoms with Crippen LogP contribution in [0.1, 0.15) is 65.1 Å². The third-order valence-electron chi connectivity index (χ3n) is 7.99. The summed E-state index contributed by atoms with van der Waals surface area (Å²) < 4.78 is 1.28. The zero-order valence-corrected chi connectivity index (χ0v) is 21.6. The van der Waals surface area contributed by atoms with Gasteiger partial charge in [0.05, 0.1) is 11.1 Å². The fraction of sp³-hybridized carbons (Fsp3) is 0.385. The minimum absolute atomic E-state index is 0.00188. The second-order valence-electron chi connectivity index (χ2n) is 10.4. The van der Waals surface area contributed by atoms with Gasteiger partial charge < -0.3 is 21.5 Å². The van der Waals surface area contributed by atoms with Crippen LogP contribution in [0.3, 0.4) is 0 Å². The summed E-state index contributed by atoms with van der Waals surface area (Å²) >= 11 is 0. The molecule has 3 aliphatic rings. The van der Waals surface area contributed by atoms with Crippen LogP contribution in [0.4, 0.5) is 5.69 Å². The van der Waals surface area contributed by atoms with E-state index in [1.54, 1.807) is 30.5 Å². The van der Waals surface area contributed by atoms with Gasteiger partial charge in [-0.15, -0.1) is 0 Å². The van der Waals surface area contributed by atoms with E-state index in [-0.39, 0.29) is 35.1 Å². The van der Waals surface area contributed by atoms with Crippen molar-refractivity contribution in [1.29, 1.82) is 5.26 Å². The van der Waals surface area contributed by atoms with Crippen molar-refractivity contribution in [2.75, 3.05) is 6.54 Å². The van der Waals surface area contributed by atoms with Crippen molar-refractivity contribution in [1.82, 2.24) is 35.5 Å². The summed E-state index contributed by atoms with van der Waals surface area (Å²) in [5.41, 5.74) is 6.20. The first kappa shape index (κ1) is 26.5. The van der Waals surface area contributed by atoms with E-state index >= 15 is 0 Å². The molecule has 6 rings (SSSR count). The number of aliphatic imine (C=N–C) groups is 1. The summed E-state index contributed by atoms with van der Waals surface area (Å²) in [4.78, 5) is 50.4. The van der Waals surface area contributed by atoms with E-state index in [0.717, 1.165) is 24.8 Å². The number of hydrogen-bond acceptors (Lipinski definition) is 8. The molecule has 3 fully saturated rings. The van der Waals surface area contributed by atoms with Crippen molar-refractivity contribution in [3.05, 3.63) is 53.6 Å². The zero-order valence-electron chi connectivity index (χ0n) is 21.6. The van der Waals surface area contributed by atoms with Crippen LogP contribution in [0.5, 0.6) is 0 Å². The Bertz CT molecular complexity index is 1530. The van der Waals surface area contributed by atoms with Crippen LogP contribution in [-0.4, -0.2) is 55.0 Å². The Kier molecular flexibility index (Phi) is 7.03. The third-order valence-corrected chi connectivity index (χ3v) is 7.99. The lowest BCUT2D eigenvalue weighted by molar-refractivity contribution is -0.158. The van der Waals surface area contributed by atoms with Crippen molar-refractivity contribution >= 4 is 35.2 Å². The lowest BCUT2D eigenvalue weighted by Crippen LogP contribution is -2.50. The number of benzene rings is 1. The molecule has 0 atom stereocenters. The summed E-state index contributed by atoms with van der Waals surface area (Å²) in [5.74, 6) is -1.60. The highest BCUT2D eigenvalue weighted by Gasteiger charge is 2.52. The number of hydrogen-bond donors (Lipinski definition) is 5. The molecule has 0 saturated heterocycles. The fourth-order valence-electron chi connectivity index (χ4n) is 5.53. The van der Waals surface area contributed by atoms with Gasteiger partial charge in [0.25, 0.3) is 17.6 Å². The number of rotatable bonds is 8. The molecular formula is C26H28N10O4. The first-order valence-corrected chi connectivity index (χ1v) is 12.8. The van der Waals surface area contributed by atoms with E-state index in [1.165, 1.54) is 16.9 Å². The van der Waals surface area contributed by atoms with Gasteiger partial charge in [-0.05, 0) is 61.6 Å². The Morgan fingerprint density at radius 3 is 2.55 bits per heavy atom. The van der Waals surface area contributed by atoms with Gasteiger partial charge in [-0.2, -0.15) is 19.9 Å². The fourth-order valence-corrected chi connectivity index (χ4v) is 5.53. The van der Waals surface area contributed by atoms with Gasteiger partial charge in [0.1, 0.15) is 17.7 Å². The number of nitrogens with one attached hydrogen (secondary N) is 3. The highest BCUT2D eigenvalue weighted by Crippen LogP contribution is 2.56. The van der Waals surface area contributed by atoms with Crippen LogP contribution >= 0.6 is 0 Å². The van der Waals surface area contributed by atoms with Gasteiger partial charge in [0.2, 0.25) is 5.96 Å². The number of amides is 2. The number of aliphatic carboxylic acids is 1. The topological polar surface area (TPSA) is 213 Å². The average Bonchev–Trinajstić information content (AvgIpc) is 3.44. The number of nitrogens with zero attached hydrogens (tertiary/aromatic N) is 6. The SMILES string of the molecule is N#CNC(N)=Nc1cccc(CNC(=O)c2cc(C(=O)NCC34CCC(C(=O)O)(CC3)CC4)n3ncnc3n2)c1. The zero-order chi connectivity index (χ0) is 28.3. The Labute approximate surface area is 228 Å². The van der Waals surface area contributed by atoms with Crippen molar-refractivity contribution < 1.29 is 19.5 Å². The van der Waals surface area contributed by atoms with Gasteiger partial charge in [0.15, 0.2) is 6.19 Å². The number of aromatic nitrogens is 4. The van der Waals surface area contributed by atoms with E-state index in [1.807, 2.05) is 0 Å². The van der Waals surface area contributed by atoms with E-state index in [9.17, 15) is 19.5 Å². The van der Waals surface area contributed by atoms with Crippen LogP contribution < -0.4 is 21.7 Å². The monoisotopic (exact) mass is 544 g/mol. The highest BCUT2D eigenvalue weighted by atomic mass is 16.4. The first-order chi connectivity index (χ1) is 19.2. The summed E-state index contributed by atoms with van der Waals surface area (Å²) in [5, 5.41) is 30.4. The molecule has 40 heavy (non-hydrogen) atoms. The van der Waals surface area contributed by atoms with E-state index in [0.29, 0.717) is 31.5 Å². The lowest BCUT2D eigenvalue weighted by Gasteiger charge is -2.51. The Morgan fingerprint density at radius 2 is 1.85 bits per heavy atom. The number of nitrogens with two attached hydrogens (primary N) is 1. The number of fused-ring (bicyclic) bond motifs is 4. The molecule has 1 aromatic carbocycles. The molecule has 3 aromatic rings. The van der Waals surface area contributed by atoms with Crippen molar-refractivity contribution in [2.45, 2.75) is 45.1 Å². The number of carbonyl (C=O) groups is 3. The van der Waals surface area contributed by atoms with Crippen LogP contribution in [0, 0.1) is 22.3 Å². The Hall–Kier alpha value is -5.06. The maximum atomic E-state index is 13.3. The number of carboxylic acid groups (broad SMARTS) is 1. The summed E-state index contributed by atoms with van der Waals surface area (Å²) in [7, 11) is 0. The molecule has 6 N–H and O–H groups in total. The minimum atomic E-state index is -0.722. The molecule has 0 aliphatic heterocycles. The average molecular weight is 545 g/mol. The maximum Gasteiger partial charge on any atom is 0.309 e. The molecule has 3 aliphatic carbocycles. The first-order valence-electron chi connectivity index (χ1n) is 12.8. The Balaban J connectivity index is 1.26. The molecule has 2 bridgehead atoms. The molecular weight excluding hydrogens is 516 g/mol. The smallest absolute Gasteiger partial charge is 0.309 e. The summed E-state index contributed by atoms with van der Waals surface area (Å²) in [6.45, 7) is 0.560. The van der Waals surface area contributed by atoms with Crippen LogP contribution in [-0.2, 0) is 11.3 Å². The molecule has 0 spiro atoms. The van der Waals surface area contributed by atoms with Crippen molar-refractivity contribution in [3.63, 3.8) is 0 Å². The lowest BCUT2D eigenvalue weighted by atomic mass is 9.53. The van der Waals surface area contributed by atoms with Gasteiger partial charge in [-0.25, -0.2) is 9.98 Å². The molecule has 3 saturated carbocycles. The molecule has 2 aromatic heterocycles.